The van der Waals surface area contributed by atoms with Gasteiger partial charge in [-0.1, -0.05) is 12.2 Å². The fourth-order valence-electron chi connectivity index (χ4n) is 2.54. The van der Waals surface area contributed by atoms with Gasteiger partial charge in [0.15, 0.2) is 0 Å². The molecule has 1 aromatic rings. The molecular weight excluding hydrogens is 243 g/mol. The van der Waals surface area contributed by atoms with Crippen LogP contribution in [0.3, 0.4) is 0 Å². The Bertz CT molecular complexity index is 479. The van der Waals surface area contributed by atoms with E-state index in [2.05, 4.69) is 17.5 Å². The van der Waals surface area contributed by atoms with Gasteiger partial charge in [-0.05, 0) is 55.9 Å². The van der Waals surface area contributed by atoms with Crippen molar-refractivity contribution in [2.75, 3.05) is 5.32 Å². The number of primary amides is 1. The zero-order valence-electron chi connectivity index (χ0n) is 11.0. The predicted molar refractivity (Wildman–Crippen MR) is 74.2 cm³/mol. The van der Waals surface area contributed by atoms with E-state index >= 15 is 0 Å². The van der Waals surface area contributed by atoms with Crippen molar-refractivity contribution in [1.82, 2.24) is 0 Å². The third kappa shape index (κ3) is 3.56. The van der Waals surface area contributed by atoms with Crippen LogP contribution in [-0.2, 0) is 4.79 Å². The highest BCUT2D eigenvalue weighted by atomic mass is 19.1. The number of benzene rings is 1. The van der Waals surface area contributed by atoms with E-state index in [9.17, 15) is 9.18 Å². The third-order valence-corrected chi connectivity index (χ3v) is 3.45. The molecule has 2 unspecified atom stereocenters. The number of aryl methyl sites for hydroxylation is 1. The molecule has 1 aliphatic rings. The van der Waals surface area contributed by atoms with E-state index in [0.717, 1.165) is 24.8 Å². The summed E-state index contributed by atoms with van der Waals surface area (Å²) in [6.45, 7) is 1.82. The predicted octanol–water partition coefficient (Wildman–Crippen LogP) is 2.76. The van der Waals surface area contributed by atoms with Gasteiger partial charge in [-0.2, -0.15) is 0 Å². The minimum absolute atomic E-state index is 0.172. The number of carbonyl (C=O) groups excluding carboxylic acids is 1. The number of rotatable bonds is 4. The number of hydrogen-bond donors (Lipinski definition) is 2. The van der Waals surface area contributed by atoms with Crippen molar-refractivity contribution >= 4 is 11.6 Å². The maximum absolute atomic E-state index is 13.4. The van der Waals surface area contributed by atoms with Gasteiger partial charge in [0.2, 0.25) is 5.91 Å². The highest BCUT2D eigenvalue weighted by Gasteiger charge is 2.26. The summed E-state index contributed by atoms with van der Waals surface area (Å²) in [5.41, 5.74) is 6.89. The monoisotopic (exact) mass is 262 g/mol. The summed E-state index contributed by atoms with van der Waals surface area (Å²) in [6.07, 6.45) is 6.89. The van der Waals surface area contributed by atoms with Gasteiger partial charge in [0, 0.05) is 5.69 Å². The first kappa shape index (κ1) is 13.6. The van der Waals surface area contributed by atoms with Crippen LogP contribution in [0.1, 0.15) is 24.8 Å². The lowest BCUT2D eigenvalue weighted by molar-refractivity contribution is -0.119. The Morgan fingerprint density at radius 2 is 2.21 bits per heavy atom. The van der Waals surface area contributed by atoms with Crippen LogP contribution in [0.2, 0.25) is 0 Å². The van der Waals surface area contributed by atoms with Crippen molar-refractivity contribution in [3.8, 4) is 0 Å². The van der Waals surface area contributed by atoms with Gasteiger partial charge >= 0.3 is 0 Å². The zero-order valence-corrected chi connectivity index (χ0v) is 11.0. The van der Waals surface area contributed by atoms with Crippen molar-refractivity contribution in [3.05, 3.63) is 41.7 Å². The summed E-state index contributed by atoms with van der Waals surface area (Å²) in [5.74, 6) is -0.525. The molecule has 4 heteroatoms. The summed E-state index contributed by atoms with van der Waals surface area (Å²) in [7, 11) is 0. The van der Waals surface area contributed by atoms with Gasteiger partial charge in [-0.25, -0.2) is 4.39 Å². The molecule has 3 N–H and O–H groups in total. The van der Waals surface area contributed by atoms with Crippen LogP contribution in [0.15, 0.2) is 30.4 Å². The molecule has 1 aromatic carbocycles. The molecule has 0 aliphatic heterocycles. The standard InChI is InChI=1S/C15H19FN2O/c1-10-7-12(16)9-13(8-10)18-14(15(17)19)11-5-3-2-4-6-11/h2-3,7-9,11,14,18H,4-6H2,1H3,(H2,17,19). The number of nitrogens with one attached hydrogen (secondary N) is 1. The van der Waals surface area contributed by atoms with E-state index in [4.69, 9.17) is 5.73 Å². The molecule has 0 fully saturated rings. The summed E-state index contributed by atoms with van der Waals surface area (Å²) in [4.78, 5) is 11.6. The quantitative estimate of drug-likeness (QED) is 0.820. The fraction of sp³-hybridized carbons (Fsp3) is 0.400. The molecule has 3 nitrogen and oxygen atoms in total. The lowest BCUT2D eigenvalue weighted by Gasteiger charge is -2.27. The number of anilines is 1. The van der Waals surface area contributed by atoms with Crippen LogP contribution in [0.4, 0.5) is 10.1 Å². The minimum Gasteiger partial charge on any atom is -0.373 e. The maximum atomic E-state index is 13.4. The molecule has 0 radical (unpaired) electrons. The summed E-state index contributed by atoms with van der Waals surface area (Å²) < 4.78 is 13.4. The SMILES string of the molecule is Cc1cc(F)cc(NC(C(N)=O)C2CC=CCC2)c1. The second-order valence-electron chi connectivity index (χ2n) is 5.09. The lowest BCUT2D eigenvalue weighted by Crippen LogP contribution is -2.42. The average Bonchev–Trinajstić information content (AvgIpc) is 2.35. The molecule has 0 spiro atoms. The molecular formula is C15H19FN2O. The molecule has 1 amide bonds. The Labute approximate surface area is 112 Å². The van der Waals surface area contributed by atoms with E-state index in [1.165, 1.54) is 12.1 Å². The highest BCUT2D eigenvalue weighted by Crippen LogP contribution is 2.25. The zero-order chi connectivity index (χ0) is 13.8. The molecule has 1 aliphatic carbocycles. The molecule has 102 valence electrons. The minimum atomic E-state index is -0.453. The molecule has 0 aromatic heterocycles. The van der Waals surface area contributed by atoms with Crippen molar-refractivity contribution in [2.24, 2.45) is 11.7 Å². The van der Waals surface area contributed by atoms with Crippen molar-refractivity contribution in [3.63, 3.8) is 0 Å². The Hall–Kier alpha value is -1.84. The van der Waals surface area contributed by atoms with E-state index in [0.29, 0.717) is 5.69 Å². The number of carbonyl (C=O) groups is 1. The normalized spacial score (nSPS) is 20.0. The number of amides is 1. The Morgan fingerprint density at radius 1 is 1.42 bits per heavy atom. The van der Waals surface area contributed by atoms with Gasteiger partial charge < -0.3 is 11.1 Å². The van der Waals surface area contributed by atoms with E-state index in [-0.39, 0.29) is 17.6 Å². The second-order valence-corrected chi connectivity index (χ2v) is 5.09. The van der Waals surface area contributed by atoms with E-state index < -0.39 is 6.04 Å². The Kier molecular flexibility index (Phi) is 4.20. The molecule has 2 rings (SSSR count). The molecule has 19 heavy (non-hydrogen) atoms. The fourth-order valence-corrected chi connectivity index (χ4v) is 2.54. The topological polar surface area (TPSA) is 55.1 Å². The number of allylic oxidation sites excluding steroid dienone is 2. The van der Waals surface area contributed by atoms with Crippen LogP contribution in [-0.4, -0.2) is 11.9 Å². The van der Waals surface area contributed by atoms with E-state index in [1.807, 2.05) is 13.0 Å². The summed E-state index contributed by atoms with van der Waals surface area (Å²) >= 11 is 0. The molecule has 0 heterocycles. The maximum Gasteiger partial charge on any atom is 0.240 e. The molecule has 2 atom stereocenters. The first-order valence-electron chi connectivity index (χ1n) is 6.54. The Morgan fingerprint density at radius 3 is 2.79 bits per heavy atom. The van der Waals surface area contributed by atoms with Crippen molar-refractivity contribution in [1.29, 1.82) is 0 Å². The molecule has 0 bridgehead atoms. The largest absolute Gasteiger partial charge is 0.373 e. The van der Waals surface area contributed by atoms with Gasteiger partial charge in [0.1, 0.15) is 11.9 Å². The van der Waals surface area contributed by atoms with Crippen LogP contribution in [0, 0.1) is 18.7 Å². The van der Waals surface area contributed by atoms with Gasteiger partial charge in [-0.15, -0.1) is 0 Å². The first-order chi connectivity index (χ1) is 9.06. The number of halogens is 1. The number of hydrogen-bond acceptors (Lipinski definition) is 2. The van der Waals surface area contributed by atoms with Crippen LogP contribution >= 0.6 is 0 Å². The highest BCUT2D eigenvalue weighted by molar-refractivity contribution is 5.83. The van der Waals surface area contributed by atoms with Crippen molar-refractivity contribution in [2.45, 2.75) is 32.2 Å². The van der Waals surface area contributed by atoms with Gasteiger partial charge in [-0.3, -0.25) is 4.79 Å². The number of nitrogens with two attached hydrogens (primary N) is 1. The summed E-state index contributed by atoms with van der Waals surface area (Å²) in [6, 6.07) is 4.21. The molecule has 0 saturated carbocycles. The van der Waals surface area contributed by atoms with Crippen LogP contribution < -0.4 is 11.1 Å². The average molecular weight is 262 g/mol. The van der Waals surface area contributed by atoms with Gasteiger partial charge in [0.25, 0.3) is 0 Å². The molecule has 0 saturated heterocycles. The summed E-state index contributed by atoms with van der Waals surface area (Å²) in [5, 5.41) is 3.08. The third-order valence-electron chi connectivity index (χ3n) is 3.45. The van der Waals surface area contributed by atoms with Gasteiger partial charge in [0.05, 0.1) is 0 Å². The first-order valence-corrected chi connectivity index (χ1v) is 6.54. The smallest absolute Gasteiger partial charge is 0.240 e. The van der Waals surface area contributed by atoms with Crippen LogP contribution in [0.5, 0.6) is 0 Å². The lowest BCUT2D eigenvalue weighted by atomic mass is 9.87. The van der Waals surface area contributed by atoms with Crippen molar-refractivity contribution < 1.29 is 9.18 Å². The van der Waals surface area contributed by atoms with E-state index in [1.54, 1.807) is 0 Å². The Balaban J connectivity index is 2.16. The van der Waals surface area contributed by atoms with Crippen LogP contribution in [0.25, 0.3) is 0 Å². The second kappa shape index (κ2) is 5.87.